The second-order valence-corrected chi connectivity index (χ2v) is 7.02. The largest absolute Gasteiger partial charge is 0.379 e. The van der Waals surface area contributed by atoms with E-state index in [-0.39, 0.29) is 11.0 Å². The van der Waals surface area contributed by atoms with Crippen LogP contribution in [0, 0.1) is 32.0 Å². The Bertz CT molecular complexity index is 726. The molecular formula is C19H23FN2S. The van der Waals surface area contributed by atoms with E-state index in [0.29, 0.717) is 5.56 Å². The fraction of sp³-hybridized carbons (Fsp3) is 0.316. The summed E-state index contributed by atoms with van der Waals surface area (Å²) in [6.45, 7) is 6.01. The summed E-state index contributed by atoms with van der Waals surface area (Å²) >= 11 is 1.38. The Balaban J connectivity index is 2.33. The van der Waals surface area contributed by atoms with Gasteiger partial charge in [-0.05, 0) is 73.6 Å². The summed E-state index contributed by atoms with van der Waals surface area (Å²) in [5.41, 5.74) is 12.1. The van der Waals surface area contributed by atoms with Crippen molar-refractivity contribution in [3.05, 3.63) is 58.4 Å². The van der Waals surface area contributed by atoms with Crippen molar-refractivity contribution in [2.24, 2.45) is 5.73 Å². The van der Waals surface area contributed by atoms with Crippen LogP contribution in [0.1, 0.15) is 28.7 Å². The average molecular weight is 330 g/mol. The van der Waals surface area contributed by atoms with Crippen molar-refractivity contribution < 1.29 is 4.39 Å². The zero-order valence-electron chi connectivity index (χ0n) is 13.9. The van der Waals surface area contributed by atoms with Crippen LogP contribution in [-0.2, 0) is 6.42 Å². The summed E-state index contributed by atoms with van der Waals surface area (Å²) < 4.78 is 13.6. The van der Waals surface area contributed by atoms with Gasteiger partial charge in [-0.1, -0.05) is 35.5 Å². The lowest BCUT2D eigenvalue weighted by Gasteiger charge is -2.15. The molecule has 2 aromatic rings. The number of rotatable bonds is 5. The first-order valence-electron chi connectivity index (χ1n) is 7.72. The van der Waals surface area contributed by atoms with E-state index >= 15 is 0 Å². The topological polar surface area (TPSA) is 49.9 Å². The number of thioether (sulfide) groups is 1. The number of nitrogens with two attached hydrogens (primary N) is 1. The second-order valence-electron chi connectivity index (χ2n) is 5.89. The van der Waals surface area contributed by atoms with Crippen LogP contribution in [0.15, 0.2) is 30.3 Å². The highest BCUT2D eigenvalue weighted by Crippen LogP contribution is 2.30. The third-order valence-electron chi connectivity index (χ3n) is 3.91. The first kappa shape index (κ1) is 17.5. The standard InChI is InChI=1S/C19H23FN2S/c1-12-9-13(2)16(5-4-8-23-19(21)22)17(10-12)15-6-7-18(20)14(3)11-15/h6-7,9-11H,4-5,8H2,1-3H3,(H3,21,22). The Hall–Kier alpha value is -1.81. The fourth-order valence-corrected chi connectivity index (χ4v) is 3.34. The summed E-state index contributed by atoms with van der Waals surface area (Å²) in [5.74, 6) is 0.669. The van der Waals surface area contributed by atoms with Crippen LogP contribution in [-0.4, -0.2) is 10.9 Å². The van der Waals surface area contributed by atoms with Gasteiger partial charge in [0.2, 0.25) is 0 Å². The van der Waals surface area contributed by atoms with Crippen molar-refractivity contribution in [3.8, 4) is 11.1 Å². The highest BCUT2D eigenvalue weighted by atomic mass is 32.2. The molecule has 2 rings (SSSR count). The Labute approximate surface area is 141 Å². The molecule has 23 heavy (non-hydrogen) atoms. The molecule has 4 heteroatoms. The predicted molar refractivity (Wildman–Crippen MR) is 98.7 cm³/mol. The van der Waals surface area contributed by atoms with E-state index in [4.69, 9.17) is 11.1 Å². The first-order valence-corrected chi connectivity index (χ1v) is 8.70. The van der Waals surface area contributed by atoms with Crippen LogP contribution in [0.5, 0.6) is 0 Å². The highest BCUT2D eigenvalue weighted by molar-refractivity contribution is 8.13. The predicted octanol–water partition coefficient (Wildman–Crippen LogP) is 4.98. The van der Waals surface area contributed by atoms with E-state index in [1.807, 2.05) is 12.1 Å². The Morgan fingerprint density at radius 2 is 1.87 bits per heavy atom. The van der Waals surface area contributed by atoms with Gasteiger partial charge in [-0.2, -0.15) is 0 Å². The van der Waals surface area contributed by atoms with E-state index in [2.05, 4.69) is 26.0 Å². The van der Waals surface area contributed by atoms with Gasteiger partial charge in [0, 0.05) is 5.75 Å². The van der Waals surface area contributed by atoms with Crippen molar-refractivity contribution in [1.29, 1.82) is 5.41 Å². The number of hydrogen-bond acceptors (Lipinski definition) is 2. The van der Waals surface area contributed by atoms with Gasteiger partial charge in [-0.15, -0.1) is 0 Å². The van der Waals surface area contributed by atoms with E-state index in [9.17, 15) is 4.39 Å². The first-order chi connectivity index (χ1) is 10.9. The lowest BCUT2D eigenvalue weighted by atomic mass is 9.90. The minimum atomic E-state index is -0.169. The molecule has 0 bridgehead atoms. The van der Waals surface area contributed by atoms with Crippen LogP contribution >= 0.6 is 11.8 Å². The molecule has 0 aliphatic carbocycles. The van der Waals surface area contributed by atoms with E-state index in [0.717, 1.165) is 24.2 Å². The molecule has 2 nitrogen and oxygen atoms in total. The normalized spacial score (nSPS) is 10.8. The van der Waals surface area contributed by atoms with E-state index in [1.54, 1.807) is 6.92 Å². The molecule has 0 aliphatic rings. The Morgan fingerprint density at radius 1 is 1.13 bits per heavy atom. The van der Waals surface area contributed by atoms with Gasteiger partial charge in [0.05, 0.1) is 0 Å². The number of benzene rings is 2. The monoisotopic (exact) mass is 330 g/mol. The summed E-state index contributed by atoms with van der Waals surface area (Å²) in [4.78, 5) is 0. The molecule has 0 unspecified atom stereocenters. The van der Waals surface area contributed by atoms with Gasteiger partial charge < -0.3 is 5.73 Å². The number of aryl methyl sites for hydroxylation is 3. The maximum atomic E-state index is 13.6. The van der Waals surface area contributed by atoms with Crippen LogP contribution in [0.3, 0.4) is 0 Å². The van der Waals surface area contributed by atoms with Gasteiger partial charge in [0.25, 0.3) is 0 Å². The molecule has 0 amide bonds. The van der Waals surface area contributed by atoms with Crippen LogP contribution < -0.4 is 5.73 Å². The third kappa shape index (κ3) is 4.58. The fourth-order valence-electron chi connectivity index (χ4n) is 2.83. The third-order valence-corrected chi connectivity index (χ3v) is 4.72. The molecule has 0 aromatic heterocycles. The minimum absolute atomic E-state index is 0.167. The van der Waals surface area contributed by atoms with Gasteiger partial charge in [-0.3, -0.25) is 5.41 Å². The second kappa shape index (κ2) is 7.64. The lowest BCUT2D eigenvalue weighted by molar-refractivity contribution is 0.619. The van der Waals surface area contributed by atoms with Crippen molar-refractivity contribution in [2.45, 2.75) is 33.6 Å². The highest BCUT2D eigenvalue weighted by Gasteiger charge is 2.11. The molecule has 0 saturated heterocycles. The lowest BCUT2D eigenvalue weighted by Crippen LogP contribution is -2.05. The van der Waals surface area contributed by atoms with E-state index < -0.39 is 0 Å². The van der Waals surface area contributed by atoms with Crippen molar-refractivity contribution in [3.63, 3.8) is 0 Å². The maximum Gasteiger partial charge on any atom is 0.151 e. The molecule has 0 fully saturated rings. The summed E-state index contributed by atoms with van der Waals surface area (Å²) in [6.07, 6.45) is 1.89. The van der Waals surface area contributed by atoms with Crippen molar-refractivity contribution >= 4 is 16.9 Å². The molecular weight excluding hydrogens is 307 g/mol. The zero-order chi connectivity index (χ0) is 17.0. The van der Waals surface area contributed by atoms with Gasteiger partial charge >= 0.3 is 0 Å². The maximum absolute atomic E-state index is 13.6. The van der Waals surface area contributed by atoms with Crippen molar-refractivity contribution in [1.82, 2.24) is 0 Å². The summed E-state index contributed by atoms with van der Waals surface area (Å²) in [5, 5.41) is 7.44. The zero-order valence-corrected chi connectivity index (χ0v) is 14.7. The van der Waals surface area contributed by atoms with Gasteiger partial charge in [0.1, 0.15) is 5.82 Å². The summed E-state index contributed by atoms with van der Waals surface area (Å²) in [6, 6.07) is 9.67. The molecule has 122 valence electrons. The molecule has 2 aromatic carbocycles. The smallest absolute Gasteiger partial charge is 0.151 e. The average Bonchev–Trinajstić information content (AvgIpc) is 2.47. The van der Waals surface area contributed by atoms with Crippen LogP contribution in [0.2, 0.25) is 0 Å². The molecule has 0 atom stereocenters. The van der Waals surface area contributed by atoms with Crippen LogP contribution in [0.25, 0.3) is 11.1 Å². The number of halogens is 1. The SMILES string of the molecule is Cc1cc(C)c(CCCSC(=N)N)c(-c2ccc(F)c(C)c2)c1. The number of amidine groups is 1. The molecule has 0 heterocycles. The summed E-state index contributed by atoms with van der Waals surface area (Å²) in [7, 11) is 0. The minimum Gasteiger partial charge on any atom is -0.379 e. The van der Waals surface area contributed by atoms with E-state index in [1.165, 1.54) is 40.1 Å². The van der Waals surface area contributed by atoms with Gasteiger partial charge in [0.15, 0.2) is 5.17 Å². The van der Waals surface area contributed by atoms with Crippen molar-refractivity contribution in [2.75, 3.05) is 5.75 Å². The Kier molecular flexibility index (Phi) is 5.83. The molecule has 0 radical (unpaired) electrons. The number of hydrogen-bond donors (Lipinski definition) is 2. The van der Waals surface area contributed by atoms with Crippen LogP contribution in [0.4, 0.5) is 4.39 Å². The quantitative estimate of drug-likeness (QED) is 0.461. The van der Waals surface area contributed by atoms with Gasteiger partial charge in [-0.25, -0.2) is 4.39 Å². The molecule has 0 spiro atoms. The molecule has 0 aliphatic heterocycles. The number of nitrogens with one attached hydrogen (secondary N) is 1. The molecule has 3 N–H and O–H groups in total. The Morgan fingerprint density at radius 3 is 2.52 bits per heavy atom. The molecule has 0 saturated carbocycles.